The molecule has 94 valence electrons. The van der Waals surface area contributed by atoms with Crippen molar-refractivity contribution in [1.82, 2.24) is 14.8 Å². The summed E-state index contributed by atoms with van der Waals surface area (Å²) in [5.41, 5.74) is 1.64. The number of phenols is 1. The molecule has 4 nitrogen and oxygen atoms in total. The number of hydrogen-bond acceptors (Lipinski definition) is 3. The van der Waals surface area contributed by atoms with Gasteiger partial charge in [0, 0.05) is 12.6 Å². The van der Waals surface area contributed by atoms with E-state index >= 15 is 0 Å². The highest BCUT2D eigenvalue weighted by Crippen LogP contribution is 2.27. The standard InChI is InChI=1S/C15H13N3O/c1-18-15(11-7-3-2-4-8-11)16-14(17-18)12-9-5-6-10-13(12)19/h2-10,19H,1H3. The van der Waals surface area contributed by atoms with Crippen LogP contribution < -0.4 is 0 Å². The molecule has 0 fully saturated rings. The van der Waals surface area contributed by atoms with E-state index in [9.17, 15) is 5.11 Å². The molecule has 0 amide bonds. The molecule has 0 spiro atoms. The lowest BCUT2D eigenvalue weighted by Crippen LogP contribution is -1.94. The normalized spacial score (nSPS) is 10.6. The Bertz CT molecular complexity index is 704. The lowest BCUT2D eigenvalue weighted by atomic mass is 10.2. The molecule has 0 aliphatic heterocycles. The highest BCUT2D eigenvalue weighted by molar-refractivity contribution is 5.66. The van der Waals surface area contributed by atoms with E-state index in [1.165, 1.54) is 0 Å². The molecule has 1 aromatic heterocycles. The third-order valence-electron chi connectivity index (χ3n) is 2.94. The maximum atomic E-state index is 9.85. The van der Waals surface area contributed by atoms with Gasteiger partial charge in [-0.1, -0.05) is 42.5 Å². The van der Waals surface area contributed by atoms with Crippen molar-refractivity contribution in [1.29, 1.82) is 0 Å². The van der Waals surface area contributed by atoms with Gasteiger partial charge >= 0.3 is 0 Å². The first-order valence-corrected chi connectivity index (χ1v) is 6.00. The molecule has 3 rings (SSSR count). The summed E-state index contributed by atoms with van der Waals surface area (Å²) in [7, 11) is 1.85. The number of rotatable bonds is 2. The first kappa shape index (κ1) is 11.5. The highest BCUT2D eigenvalue weighted by Gasteiger charge is 2.13. The summed E-state index contributed by atoms with van der Waals surface area (Å²) in [6.07, 6.45) is 0. The van der Waals surface area contributed by atoms with Gasteiger partial charge in [0.25, 0.3) is 0 Å². The zero-order chi connectivity index (χ0) is 13.2. The molecule has 0 radical (unpaired) electrons. The lowest BCUT2D eigenvalue weighted by molar-refractivity contribution is 0.477. The number of phenolic OH excluding ortho intramolecular Hbond substituents is 1. The summed E-state index contributed by atoms with van der Waals surface area (Å²) in [6, 6.07) is 16.9. The van der Waals surface area contributed by atoms with Crippen molar-refractivity contribution < 1.29 is 5.11 Å². The molecule has 1 heterocycles. The molecule has 0 unspecified atom stereocenters. The van der Waals surface area contributed by atoms with Crippen LogP contribution in [0.15, 0.2) is 54.6 Å². The number of aromatic hydroxyl groups is 1. The van der Waals surface area contributed by atoms with Crippen LogP contribution in [0.5, 0.6) is 5.75 Å². The number of hydrogen-bond donors (Lipinski definition) is 1. The molecule has 0 aliphatic rings. The quantitative estimate of drug-likeness (QED) is 0.762. The molecule has 1 N–H and O–H groups in total. The Morgan fingerprint density at radius 1 is 0.947 bits per heavy atom. The number of nitrogens with zero attached hydrogens (tertiary/aromatic N) is 3. The fraction of sp³-hybridized carbons (Fsp3) is 0.0667. The summed E-state index contributed by atoms with van der Waals surface area (Å²) >= 11 is 0. The number of aryl methyl sites for hydroxylation is 1. The van der Waals surface area contributed by atoms with Crippen LogP contribution in [0.3, 0.4) is 0 Å². The van der Waals surface area contributed by atoms with Gasteiger partial charge < -0.3 is 5.11 Å². The molecular formula is C15H13N3O. The monoisotopic (exact) mass is 251 g/mol. The first-order valence-electron chi connectivity index (χ1n) is 6.00. The summed E-state index contributed by atoms with van der Waals surface area (Å²) in [4.78, 5) is 4.50. The van der Waals surface area contributed by atoms with E-state index in [0.29, 0.717) is 11.4 Å². The zero-order valence-corrected chi connectivity index (χ0v) is 10.5. The smallest absolute Gasteiger partial charge is 0.185 e. The van der Waals surface area contributed by atoms with Crippen LogP contribution >= 0.6 is 0 Å². The topological polar surface area (TPSA) is 50.9 Å². The highest BCUT2D eigenvalue weighted by atomic mass is 16.3. The second-order valence-electron chi connectivity index (χ2n) is 4.27. The van der Waals surface area contributed by atoms with Gasteiger partial charge in [-0.15, -0.1) is 0 Å². The maximum Gasteiger partial charge on any atom is 0.185 e. The first-order chi connectivity index (χ1) is 9.25. The molecule has 3 aromatic rings. The molecule has 0 bridgehead atoms. The van der Waals surface area contributed by atoms with Crippen molar-refractivity contribution in [2.75, 3.05) is 0 Å². The fourth-order valence-electron chi connectivity index (χ4n) is 2.00. The minimum atomic E-state index is 0.188. The third-order valence-corrected chi connectivity index (χ3v) is 2.94. The van der Waals surface area contributed by atoms with Gasteiger partial charge in [-0.3, -0.25) is 0 Å². The van der Waals surface area contributed by atoms with Gasteiger partial charge in [0.1, 0.15) is 5.75 Å². The minimum absolute atomic E-state index is 0.188. The SMILES string of the molecule is Cn1nc(-c2ccccc2O)nc1-c1ccccc1. The van der Waals surface area contributed by atoms with Gasteiger partial charge in [0.05, 0.1) is 5.56 Å². The second-order valence-corrected chi connectivity index (χ2v) is 4.27. The van der Waals surface area contributed by atoms with E-state index in [1.807, 2.05) is 43.4 Å². The predicted octanol–water partition coefficient (Wildman–Crippen LogP) is 2.85. The van der Waals surface area contributed by atoms with E-state index in [-0.39, 0.29) is 5.75 Å². The Labute approximate surface area is 111 Å². The molecule has 0 saturated carbocycles. The molecule has 4 heteroatoms. The molecule has 19 heavy (non-hydrogen) atoms. The van der Waals surface area contributed by atoms with Gasteiger partial charge in [-0.2, -0.15) is 5.10 Å². The number of para-hydroxylation sites is 1. The average molecular weight is 251 g/mol. The van der Waals surface area contributed by atoms with E-state index in [1.54, 1.807) is 22.9 Å². The van der Waals surface area contributed by atoms with Crippen LogP contribution in [0.1, 0.15) is 0 Å². The lowest BCUT2D eigenvalue weighted by Gasteiger charge is -1.98. The molecular weight excluding hydrogens is 238 g/mol. The molecule has 0 saturated heterocycles. The fourth-order valence-corrected chi connectivity index (χ4v) is 2.00. The van der Waals surface area contributed by atoms with E-state index in [0.717, 1.165) is 11.4 Å². The Hall–Kier alpha value is -2.62. The molecule has 0 aliphatic carbocycles. The summed E-state index contributed by atoms with van der Waals surface area (Å²) < 4.78 is 1.72. The number of benzene rings is 2. The maximum absolute atomic E-state index is 9.85. The van der Waals surface area contributed by atoms with Crippen molar-refractivity contribution in [3.8, 4) is 28.5 Å². The minimum Gasteiger partial charge on any atom is -0.507 e. The van der Waals surface area contributed by atoms with Crippen LogP contribution in [0.4, 0.5) is 0 Å². The van der Waals surface area contributed by atoms with Crippen LogP contribution in [-0.2, 0) is 7.05 Å². The van der Waals surface area contributed by atoms with Crippen molar-refractivity contribution in [3.05, 3.63) is 54.6 Å². The van der Waals surface area contributed by atoms with Crippen LogP contribution in [-0.4, -0.2) is 19.9 Å². The summed E-state index contributed by atoms with van der Waals surface area (Å²) in [5.74, 6) is 1.49. The molecule has 0 atom stereocenters. The Kier molecular flexibility index (Phi) is 2.76. The summed E-state index contributed by atoms with van der Waals surface area (Å²) in [5, 5.41) is 14.2. The zero-order valence-electron chi connectivity index (χ0n) is 10.5. The van der Waals surface area contributed by atoms with Crippen molar-refractivity contribution in [2.45, 2.75) is 0 Å². The predicted molar refractivity (Wildman–Crippen MR) is 73.5 cm³/mol. The van der Waals surface area contributed by atoms with Gasteiger partial charge in [0.15, 0.2) is 11.6 Å². The summed E-state index contributed by atoms with van der Waals surface area (Å²) in [6.45, 7) is 0. The second kappa shape index (κ2) is 4.57. The van der Waals surface area contributed by atoms with Gasteiger partial charge in [0.2, 0.25) is 0 Å². The number of aromatic nitrogens is 3. The molecule has 2 aromatic carbocycles. The van der Waals surface area contributed by atoms with E-state index < -0.39 is 0 Å². The van der Waals surface area contributed by atoms with Gasteiger partial charge in [-0.25, -0.2) is 9.67 Å². The Morgan fingerprint density at radius 2 is 1.63 bits per heavy atom. The van der Waals surface area contributed by atoms with Gasteiger partial charge in [-0.05, 0) is 12.1 Å². The van der Waals surface area contributed by atoms with Crippen LogP contribution in [0, 0.1) is 0 Å². The largest absolute Gasteiger partial charge is 0.507 e. The van der Waals surface area contributed by atoms with Crippen LogP contribution in [0.2, 0.25) is 0 Å². The van der Waals surface area contributed by atoms with Crippen molar-refractivity contribution >= 4 is 0 Å². The average Bonchev–Trinajstić information content (AvgIpc) is 2.82. The van der Waals surface area contributed by atoms with E-state index in [4.69, 9.17) is 0 Å². The van der Waals surface area contributed by atoms with Crippen molar-refractivity contribution in [2.24, 2.45) is 7.05 Å². The Balaban J connectivity index is 2.10. The third kappa shape index (κ3) is 2.08. The van der Waals surface area contributed by atoms with E-state index in [2.05, 4.69) is 10.1 Å². The Morgan fingerprint density at radius 3 is 2.37 bits per heavy atom. The van der Waals surface area contributed by atoms with Crippen LogP contribution in [0.25, 0.3) is 22.8 Å². The van der Waals surface area contributed by atoms with Crippen molar-refractivity contribution in [3.63, 3.8) is 0 Å².